The standard InChI is InChI=1S/C8H15NO3S/c1-12-8(11)2-3-13-7-5-9-4-6(7)10/h6-7,9-10H,2-5H2,1H3. The van der Waals surface area contributed by atoms with Crippen LogP contribution in [0.5, 0.6) is 0 Å². The Morgan fingerprint density at radius 2 is 2.46 bits per heavy atom. The molecule has 1 rings (SSSR count). The van der Waals surface area contributed by atoms with Crippen LogP contribution in [0.3, 0.4) is 0 Å². The highest BCUT2D eigenvalue weighted by Gasteiger charge is 2.24. The average Bonchev–Trinajstić information content (AvgIpc) is 2.52. The minimum absolute atomic E-state index is 0.187. The van der Waals surface area contributed by atoms with E-state index in [1.807, 2.05) is 0 Å². The molecule has 0 amide bonds. The zero-order chi connectivity index (χ0) is 9.68. The summed E-state index contributed by atoms with van der Waals surface area (Å²) < 4.78 is 4.51. The molecule has 0 aromatic heterocycles. The molecule has 13 heavy (non-hydrogen) atoms. The van der Waals surface area contributed by atoms with E-state index in [0.717, 1.165) is 12.3 Å². The van der Waals surface area contributed by atoms with Crippen LogP contribution in [-0.4, -0.2) is 48.4 Å². The Morgan fingerprint density at radius 1 is 1.69 bits per heavy atom. The summed E-state index contributed by atoms with van der Waals surface area (Å²) in [5, 5.41) is 12.7. The molecule has 1 aliphatic heterocycles. The van der Waals surface area contributed by atoms with Crippen LogP contribution >= 0.6 is 11.8 Å². The highest BCUT2D eigenvalue weighted by atomic mass is 32.2. The van der Waals surface area contributed by atoms with Crippen LogP contribution in [0.1, 0.15) is 6.42 Å². The van der Waals surface area contributed by atoms with Crippen LogP contribution < -0.4 is 5.32 Å². The molecule has 4 nitrogen and oxygen atoms in total. The molecule has 0 aromatic rings. The Bertz CT molecular complexity index is 177. The minimum atomic E-state index is -0.275. The predicted octanol–water partition coefficient (Wildman–Crippen LogP) is -0.385. The van der Waals surface area contributed by atoms with Crippen molar-refractivity contribution in [3.63, 3.8) is 0 Å². The first kappa shape index (κ1) is 10.8. The molecule has 0 aliphatic carbocycles. The molecule has 2 N–H and O–H groups in total. The van der Waals surface area contributed by atoms with Gasteiger partial charge in [0.2, 0.25) is 0 Å². The lowest BCUT2D eigenvalue weighted by Gasteiger charge is -2.11. The van der Waals surface area contributed by atoms with Crippen LogP contribution in [0.2, 0.25) is 0 Å². The van der Waals surface area contributed by atoms with E-state index in [-0.39, 0.29) is 17.3 Å². The van der Waals surface area contributed by atoms with Gasteiger partial charge in [0.15, 0.2) is 0 Å². The number of carbonyl (C=O) groups excluding carboxylic acids is 1. The summed E-state index contributed by atoms with van der Waals surface area (Å²) in [6.07, 6.45) is 0.146. The molecule has 76 valence electrons. The fraction of sp³-hybridized carbons (Fsp3) is 0.875. The summed E-state index contributed by atoms with van der Waals surface area (Å²) in [5.41, 5.74) is 0. The van der Waals surface area contributed by atoms with Crippen LogP contribution in [0.4, 0.5) is 0 Å². The third kappa shape index (κ3) is 3.54. The van der Waals surface area contributed by atoms with Gasteiger partial charge in [0.25, 0.3) is 0 Å². The van der Waals surface area contributed by atoms with E-state index in [1.165, 1.54) is 7.11 Å². The average molecular weight is 205 g/mol. The van der Waals surface area contributed by atoms with E-state index in [9.17, 15) is 9.90 Å². The van der Waals surface area contributed by atoms with E-state index in [4.69, 9.17) is 0 Å². The second-order valence-corrected chi connectivity index (χ2v) is 4.31. The van der Waals surface area contributed by atoms with Gasteiger partial charge in [-0.3, -0.25) is 4.79 Å². The van der Waals surface area contributed by atoms with Crippen molar-refractivity contribution in [1.82, 2.24) is 5.32 Å². The zero-order valence-corrected chi connectivity index (χ0v) is 8.47. The Morgan fingerprint density at radius 3 is 3.00 bits per heavy atom. The molecule has 0 saturated carbocycles. The second kappa shape index (κ2) is 5.47. The molecule has 1 saturated heterocycles. The van der Waals surface area contributed by atoms with Crippen molar-refractivity contribution in [2.24, 2.45) is 0 Å². The molecule has 1 aliphatic rings. The normalized spacial score (nSPS) is 27.5. The quantitative estimate of drug-likeness (QED) is 0.612. The lowest BCUT2D eigenvalue weighted by Crippen LogP contribution is -2.20. The van der Waals surface area contributed by atoms with E-state index in [0.29, 0.717) is 13.0 Å². The number of thioether (sulfide) groups is 1. The largest absolute Gasteiger partial charge is 0.469 e. The lowest BCUT2D eigenvalue weighted by atomic mass is 10.3. The Hall–Kier alpha value is -0.260. The Balaban J connectivity index is 2.08. The van der Waals surface area contributed by atoms with Crippen molar-refractivity contribution in [2.75, 3.05) is 26.0 Å². The molecular weight excluding hydrogens is 190 g/mol. The van der Waals surface area contributed by atoms with Crippen molar-refractivity contribution < 1.29 is 14.6 Å². The summed E-state index contributed by atoms with van der Waals surface area (Å²) in [7, 11) is 1.39. The summed E-state index contributed by atoms with van der Waals surface area (Å²) in [6, 6.07) is 0. The van der Waals surface area contributed by atoms with Gasteiger partial charge in [0, 0.05) is 24.1 Å². The third-order valence-corrected chi connectivity index (χ3v) is 3.34. The molecule has 0 radical (unpaired) electrons. The van der Waals surface area contributed by atoms with Gasteiger partial charge in [-0.15, -0.1) is 0 Å². The number of hydrogen-bond acceptors (Lipinski definition) is 5. The first-order valence-electron chi connectivity index (χ1n) is 4.31. The summed E-state index contributed by atoms with van der Waals surface area (Å²) in [4.78, 5) is 10.8. The molecule has 5 heteroatoms. The maximum atomic E-state index is 10.8. The van der Waals surface area contributed by atoms with E-state index < -0.39 is 0 Å². The number of ether oxygens (including phenoxy) is 1. The fourth-order valence-corrected chi connectivity index (χ4v) is 2.35. The van der Waals surface area contributed by atoms with Crippen LogP contribution in [0.15, 0.2) is 0 Å². The van der Waals surface area contributed by atoms with Gasteiger partial charge < -0.3 is 15.2 Å². The number of methoxy groups -OCH3 is 1. The lowest BCUT2D eigenvalue weighted by molar-refractivity contribution is -0.140. The molecule has 1 fully saturated rings. The van der Waals surface area contributed by atoms with Gasteiger partial charge in [-0.2, -0.15) is 11.8 Å². The van der Waals surface area contributed by atoms with Gasteiger partial charge in [0.1, 0.15) is 0 Å². The smallest absolute Gasteiger partial charge is 0.306 e. The fourth-order valence-electron chi connectivity index (χ4n) is 1.21. The third-order valence-electron chi connectivity index (χ3n) is 1.99. The number of aliphatic hydroxyl groups is 1. The van der Waals surface area contributed by atoms with Crippen molar-refractivity contribution >= 4 is 17.7 Å². The van der Waals surface area contributed by atoms with Gasteiger partial charge in [-0.25, -0.2) is 0 Å². The van der Waals surface area contributed by atoms with Crippen LogP contribution in [0, 0.1) is 0 Å². The maximum absolute atomic E-state index is 10.8. The van der Waals surface area contributed by atoms with Crippen molar-refractivity contribution in [2.45, 2.75) is 17.8 Å². The number of β-amino-alcohol motifs (C(OH)–C–C–N with tert-alkyl or cyclic N) is 1. The number of hydrogen-bond donors (Lipinski definition) is 2. The van der Waals surface area contributed by atoms with Crippen molar-refractivity contribution in [3.8, 4) is 0 Å². The second-order valence-electron chi connectivity index (χ2n) is 2.96. The monoisotopic (exact) mass is 205 g/mol. The molecule has 2 atom stereocenters. The number of esters is 1. The highest BCUT2D eigenvalue weighted by molar-refractivity contribution is 8.00. The highest BCUT2D eigenvalue weighted by Crippen LogP contribution is 2.18. The van der Waals surface area contributed by atoms with Crippen molar-refractivity contribution in [1.29, 1.82) is 0 Å². The summed E-state index contributed by atoms with van der Waals surface area (Å²) in [6.45, 7) is 1.49. The molecular formula is C8H15NO3S. The first-order chi connectivity index (χ1) is 6.24. The van der Waals surface area contributed by atoms with Crippen molar-refractivity contribution in [3.05, 3.63) is 0 Å². The number of nitrogens with one attached hydrogen (secondary N) is 1. The topological polar surface area (TPSA) is 58.6 Å². The van der Waals surface area contributed by atoms with Gasteiger partial charge in [-0.05, 0) is 0 Å². The molecule has 0 spiro atoms. The zero-order valence-electron chi connectivity index (χ0n) is 7.66. The SMILES string of the molecule is COC(=O)CCSC1CNCC1O. The maximum Gasteiger partial charge on any atom is 0.306 e. The summed E-state index contributed by atoms with van der Waals surface area (Å²) in [5.74, 6) is 0.531. The molecule has 1 heterocycles. The van der Waals surface area contributed by atoms with E-state index >= 15 is 0 Å². The van der Waals surface area contributed by atoms with Crippen LogP contribution in [0.25, 0.3) is 0 Å². The Kier molecular flexibility index (Phi) is 4.55. The predicted molar refractivity (Wildman–Crippen MR) is 51.8 cm³/mol. The van der Waals surface area contributed by atoms with Gasteiger partial charge in [0.05, 0.1) is 19.6 Å². The van der Waals surface area contributed by atoms with Gasteiger partial charge in [-0.1, -0.05) is 0 Å². The number of aliphatic hydroxyl groups excluding tert-OH is 1. The van der Waals surface area contributed by atoms with E-state index in [1.54, 1.807) is 11.8 Å². The minimum Gasteiger partial charge on any atom is -0.469 e. The molecule has 0 bridgehead atoms. The van der Waals surface area contributed by atoms with Gasteiger partial charge >= 0.3 is 5.97 Å². The number of rotatable bonds is 4. The van der Waals surface area contributed by atoms with E-state index in [2.05, 4.69) is 10.1 Å². The molecule has 0 aromatic carbocycles. The first-order valence-corrected chi connectivity index (χ1v) is 5.36. The Labute approximate surface area is 82.0 Å². The molecule has 2 unspecified atom stereocenters. The van der Waals surface area contributed by atoms with Crippen LogP contribution in [-0.2, 0) is 9.53 Å². The number of carbonyl (C=O) groups is 1. The summed E-state index contributed by atoms with van der Waals surface area (Å²) >= 11 is 1.62.